The fraction of sp³-hybridized carbons (Fsp3) is 0.458. The van der Waals surface area contributed by atoms with E-state index in [-0.39, 0.29) is 15.2 Å². The van der Waals surface area contributed by atoms with Crippen LogP contribution in [0.3, 0.4) is 0 Å². The summed E-state index contributed by atoms with van der Waals surface area (Å²) in [5.41, 5.74) is 4.44. The van der Waals surface area contributed by atoms with Crippen LogP contribution in [0.15, 0.2) is 48.5 Å². The maximum Gasteiger partial charge on any atom is 0.168 e. The molecule has 2 aromatic carbocycles. The molecule has 0 amide bonds. The number of hydrogen-bond donors (Lipinski definition) is 0. The van der Waals surface area contributed by atoms with Gasteiger partial charge in [-0.2, -0.15) is 0 Å². The minimum atomic E-state index is -0.299. The molecule has 0 spiro atoms. The van der Waals surface area contributed by atoms with Crippen LogP contribution in [0, 0.1) is 12.8 Å². The Balaban J connectivity index is 1.77. The highest BCUT2D eigenvalue weighted by molar-refractivity contribution is 14.1. The average molecular weight is 506 g/mol. The van der Waals surface area contributed by atoms with Gasteiger partial charge in [-0.3, -0.25) is 9.69 Å². The SMILES string of the molecule is Cc1ccc(CC(I)(C(C)C(=O)c2ccc(N3CCOCC3)cc2)N(C)C)cc1. The third-order valence-corrected chi connectivity index (χ3v) is 8.18. The lowest BCUT2D eigenvalue weighted by Gasteiger charge is -2.39. The molecule has 1 aliphatic heterocycles. The summed E-state index contributed by atoms with van der Waals surface area (Å²) in [4.78, 5) is 17.8. The van der Waals surface area contributed by atoms with Gasteiger partial charge in [0, 0.05) is 36.7 Å². The molecule has 0 aliphatic carbocycles. The van der Waals surface area contributed by atoms with Crippen LogP contribution >= 0.6 is 22.6 Å². The highest BCUT2D eigenvalue weighted by Crippen LogP contribution is 2.36. The van der Waals surface area contributed by atoms with Crippen LogP contribution in [-0.2, 0) is 11.2 Å². The first-order chi connectivity index (χ1) is 13.8. The Morgan fingerprint density at radius 1 is 1.10 bits per heavy atom. The summed E-state index contributed by atoms with van der Waals surface area (Å²) >= 11 is 2.47. The molecule has 2 aromatic rings. The van der Waals surface area contributed by atoms with Crippen molar-refractivity contribution in [2.45, 2.75) is 23.8 Å². The zero-order valence-corrected chi connectivity index (χ0v) is 20.0. The lowest BCUT2D eigenvalue weighted by Crippen LogP contribution is -2.48. The second-order valence-electron chi connectivity index (χ2n) is 8.11. The molecule has 156 valence electrons. The van der Waals surface area contributed by atoms with E-state index in [9.17, 15) is 4.79 Å². The van der Waals surface area contributed by atoms with Gasteiger partial charge in [0.25, 0.3) is 0 Å². The van der Waals surface area contributed by atoms with Crippen LogP contribution in [0.4, 0.5) is 5.69 Å². The smallest absolute Gasteiger partial charge is 0.168 e. The number of ether oxygens (including phenoxy) is 1. The van der Waals surface area contributed by atoms with Crippen LogP contribution < -0.4 is 4.90 Å². The lowest BCUT2D eigenvalue weighted by molar-refractivity contribution is 0.0835. The summed E-state index contributed by atoms with van der Waals surface area (Å²) in [5, 5.41) is 0. The minimum absolute atomic E-state index is 0.145. The monoisotopic (exact) mass is 506 g/mol. The molecule has 0 aromatic heterocycles. The van der Waals surface area contributed by atoms with Crippen molar-refractivity contribution in [3.05, 3.63) is 65.2 Å². The number of carbonyl (C=O) groups excluding carboxylic acids is 1. The van der Waals surface area contributed by atoms with Crippen molar-refractivity contribution >= 4 is 34.1 Å². The maximum absolute atomic E-state index is 13.4. The van der Waals surface area contributed by atoms with E-state index in [0.717, 1.165) is 44.0 Å². The number of Topliss-reactive ketones (excluding diaryl/α,β-unsaturated/α-hetero) is 1. The van der Waals surface area contributed by atoms with E-state index in [0.29, 0.717) is 0 Å². The standard InChI is InChI=1S/C24H31IN2O2/c1-18-5-7-20(8-6-18)17-24(25,26(3)4)19(2)23(28)21-9-11-22(12-10-21)27-13-15-29-16-14-27/h5-12,19H,13-17H2,1-4H3. The van der Waals surface area contributed by atoms with Crippen LogP contribution in [0.5, 0.6) is 0 Å². The number of rotatable bonds is 7. The molecule has 0 N–H and O–H groups in total. The van der Waals surface area contributed by atoms with Gasteiger partial charge >= 0.3 is 0 Å². The molecule has 2 unspecified atom stereocenters. The zero-order chi connectivity index (χ0) is 21.0. The summed E-state index contributed by atoms with van der Waals surface area (Å²) in [6, 6.07) is 16.7. The van der Waals surface area contributed by atoms with Crippen molar-refractivity contribution in [3.63, 3.8) is 0 Å². The minimum Gasteiger partial charge on any atom is -0.378 e. The molecule has 2 atom stereocenters. The predicted molar refractivity (Wildman–Crippen MR) is 128 cm³/mol. The first-order valence-corrected chi connectivity index (χ1v) is 11.3. The summed E-state index contributed by atoms with van der Waals surface area (Å²) in [7, 11) is 4.12. The second-order valence-corrected chi connectivity index (χ2v) is 9.98. The summed E-state index contributed by atoms with van der Waals surface area (Å²) in [5.74, 6) is 0.0439. The summed E-state index contributed by atoms with van der Waals surface area (Å²) in [6.45, 7) is 7.47. The van der Waals surface area contributed by atoms with Gasteiger partial charge < -0.3 is 9.64 Å². The molecule has 0 saturated carbocycles. The van der Waals surface area contributed by atoms with Crippen LogP contribution in [0.1, 0.15) is 28.4 Å². The normalized spacial score (nSPS) is 17.8. The first kappa shape index (κ1) is 22.2. The van der Waals surface area contributed by atoms with Crippen molar-refractivity contribution in [1.82, 2.24) is 4.90 Å². The molecule has 1 saturated heterocycles. The number of aryl methyl sites for hydroxylation is 1. The predicted octanol–water partition coefficient (Wildman–Crippen LogP) is 4.59. The molecule has 1 aliphatic rings. The van der Waals surface area contributed by atoms with Crippen molar-refractivity contribution in [3.8, 4) is 0 Å². The third-order valence-electron chi connectivity index (χ3n) is 5.90. The number of hydrogen-bond acceptors (Lipinski definition) is 4. The number of benzene rings is 2. The van der Waals surface area contributed by atoms with E-state index in [2.05, 4.69) is 96.7 Å². The number of anilines is 1. The number of carbonyl (C=O) groups is 1. The van der Waals surface area contributed by atoms with E-state index >= 15 is 0 Å². The van der Waals surface area contributed by atoms with Gasteiger partial charge in [-0.1, -0.05) is 59.3 Å². The largest absolute Gasteiger partial charge is 0.378 e. The molecule has 0 radical (unpaired) electrons. The van der Waals surface area contributed by atoms with E-state index < -0.39 is 0 Å². The van der Waals surface area contributed by atoms with Gasteiger partial charge in [0.1, 0.15) is 0 Å². The van der Waals surface area contributed by atoms with Gasteiger partial charge in [0.2, 0.25) is 0 Å². The fourth-order valence-corrected chi connectivity index (χ4v) is 4.52. The van der Waals surface area contributed by atoms with Gasteiger partial charge in [-0.15, -0.1) is 0 Å². The number of morpholine rings is 1. The summed E-state index contributed by atoms with van der Waals surface area (Å²) in [6.07, 6.45) is 0.819. The molecule has 3 rings (SSSR count). The average Bonchev–Trinajstić information content (AvgIpc) is 2.75. The summed E-state index contributed by atoms with van der Waals surface area (Å²) < 4.78 is 5.13. The highest BCUT2D eigenvalue weighted by atomic mass is 127. The van der Waals surface area contributed by atoms with E-state index in [1.165, 1.54) is 11.1 Å². The Kier molecular flexibility index (Phi) is 7.35. The molecule has 1 fully saturated rings. The van der Waals surface area contributed by atoms with Crippen molar-refractivity contribution in [1.29, 1.82) is 0 Å². The number of nitrogens with zero attached hydrogens (tertiary/aromatic N) is 2. The number of likely N-dealkylation sites (N-methyl/N-ethyl adjacent to an activating group) is 1. The molecular weight excluding hydrogens is 475 g/mol. The van der Waals surface area contributed by atoms with E-state index in [1.54, 1.807) is 0 Å². The zero-order valence-electron chi connectivity index (χ0n) is 17.8. The third kappa shape index (κ3) is 5.19. The van der Waals surface area contributed by atoms with E-state index in [4.69, 9.17) is 4.74 Å². The number of ketones is 1. The molecule has 5 heteroatoms. The Morgan fingerprint density at radius 2 is 1.69 bits per heavy atom. The Labute approximate surface area is 188 Å². The van der Waals surface area contributed by atoms with Gasteiger partial charge in [-0.25, -0.2) is 0 Å². The molecule has 1 heterocycles. The quantitative estimate of drug-likeness (QED) is 0.238. The number of alkyl halides is 1. The van der Waals surface area contributed by atoms with Crippen LogP contribution in [-0.4, -0.2) is 54.6 Å². The van der Waals surface area contributed by atoms with Gasteiger partial charge in [0.05, 0.1) is 16.8 Å². The molecule has 0 bridgehead atoms. The topological polar surface area (TPSA) is 32.8 Å². The van der Waals surface area contributed by atoms with Gasteiger partial charge in [0.15, 0.2) is 5.78 Å². The van der Waals surface area contributed by atoms with E-state index in [1.807, 2.05) is 12.1 Å². The van der Waals surface area contributed by atoms with Crippen molar-refractivity contribution in [2.75, 3.05) is 45.3 Å². The molecule has 29 heavy (non-hydrogen) atoms. The maximum atomic E-state index is 13.4. The second kappa shape index (κ2) is 9.58. The fourth-order valence-electron chi connectivity index (χ4n) is 3.80. The van der Waals surface area contributed by atoms with Crippen LogP contribution in [0.2, 0.25) is 0 Å². The van der Waals surface area contributed by atoms with Crippen molar-refractivity contribution < 1.29 is 9.53 Å². The van der Waals surface area contributed by atoms with Gasteiger partial charge in [-0.05, 0) is 50.8 Å². The number of halogens is 1. The molecular formula is C24H31IN2O2. The highest BCUT2D eigenvalue weighted by Gasteiger charge is 2.40. The Morgan fingerprint density at radius 3 is 2.24 bits per heavy atom. The van der Waals surface area contributed by atoms with Crippen molar-refractivity contribution in [2.24, 2.45) is 5.92 Å². The van der Waals surface area contributed by atoms with Crippen LogP contribution in [0.25, 0.3) is 0 Å². The lowest BCUT2D eigenvalue weighted by atomic mass is 9.87. The first-order valence-electron chi connectivity index (χ1n) is 10.2. The Hall–Kier alpha value is -1.44. The molecule has 4 nitrogen and oxygen atoms in total. The Bertz CT molecular complexity index is 814.